The standard InChI is InChI=1S/C12H6N3S/c1-2-4-8-7(3-1)10-11-9(5-13-6-14-11)16-12(10)15-8/h1-6H/q-1. The SMILES string of the molecule is c1ccc2c(c1)nc1sc3c[n-]cnc3c12. The third-order valence-electron chi connectivity index (χ3n) is 2.73. The molecule has 0 spiro atoms. The van der Waals surface area contributed by atoms with Crippen LogP contribution in [0.5, 0.6) is 0 Å². The molecule has 3 nitrogen and oxygen atoms in total. The lowest BCUT2D eigenvalue weighted by atomic mass is 10.2. The van der Waals surface area contributed by atoms with Gasteiger partial charge in [-0.3, -0.25) is 0 Å². The first-order valence-corrected chi connectivity index (χ1v) is 5.79. The summed E-state index contributed by atoms with van der Waals surface area (Å²) >= 11 is 1.65. The van der Waals surface area contributed by atoms with Crippen LogP contribution in [0.3, 0.4) is 0 Å². The second kappa shape index (κ2) is 2.80. The van der Waals surface area contributed by atoms with Crippen LogP contribution in [0.2, 0.25) is 0 Å². The molecule has 3 heterocycles. The largest absolute Gasteiger partial charge is 0.448 e. The van der Waals surface area contributed by atoms with Crippen molar-refractivity contribution >= 4 is 42.7 Å². The van der Waals surface area contributed by atoms with Crippen molar-refractivity contribution in [3.63, 3.8) is 0 Å². The van der Waals surface area contributed by atoms with Crippen molar-refractivity contribution in [3.8, 4) is 0 Å². The molecule has 0 unspecified atom stereocenters. The van der Waals surface area contributed by atoms with Gasteiger partial charge in [0, 0.05) is 15.5 Å². The minimum atomic E-state index is 1.02. The first-order chi connectivity index (χ1) is 7.93. The minimum absolute atomic E-state index is 1.02. The summed E-state index contributed by atoms with van der Waals surface area (Å²) in [5.74, 6) is 0. The molecule has 4 heteroatoms. The van der Waals surface area contributed by atoms with Crippen LogP contribution >= 0.6 is 11.3 Å². The number of rotatable bonds is 0. The molecule has 1 aromatic carbocycles. The summed E-state index contributed by atoms with van der Waals surface area (Å²) in [7, 11) is 0. The van der Waals surface area contributed by atoms with E-state index in [1.807, 2.05) is 24.4 Å². The van der Waals surface area contributed by atoms with E-state index in [0.29, 0.717) is 0 Å². The van der Waals surface area contributed by atoms with Gasteiger partial charge in [0.05, 0.1) is 5.52 Å². The van der Waals surface area contributed by atoms with Crippen molar-refractivity contribution in [2.45, 2.75) is 0 Å². The van der Waals surface area contributed by atoms with Gasteiger partial charge in [0.2, 0.25) is 0 Å². The van der Waals surface area contributed by atoms with Crippen LogP contribution in [0.1, 0.15) is 0 Å². The fourth-order valence-electron chi connectivity index (χ4n) is 2.05. The lowest BCUT2D eigenvalue weighted by Crippen LogP contribution is -1.77. The first-order valence-electron chi connectivity index (χ1n) is 4.97. The molecule has 0 aliphatic carbocycles. The van der Waals surface area contributed by atoms with Crippen LogP contribution in [-0.4, -0.2) is 9.97 Å². The lowest BCUT2D eigenvalue weighted by molar-refractivity contribution is 1.21. The number of nitrogens with zero attached hydrogens (tertiary/aromatic N) is 3. The van der Waals surface area contributed by atoms with Gasteiger partial charge in [0.25, 0.3) is 0 Å². The highest BCUT2D eigenvalue weighted by Gasteiger charge is 2.09. The summed E-state index contributed by atoms with van der Waals surface area (Å²) in [5.41, 5.74) is 2.06. The summed E-state index contributed by atoms with van der Waals surface area (Å²) < 4.78 is 1.10. The van der Waals surface area contributed by atoms with E-state index in [0.717, 1.165) is 25.9 Å². The molecule has 0 N–H and O–H groups in total. The highest BCUT2D eigenvalue weighted by Crippen LogP contribution is 2.36. The molecular formula is C12H6N3S-. The summed E-state index contributed by atoms with van der Waals surface area (Å²) in [4.78, 5) is 14.0. The highest BCUT2D eigenvalue weighted by atomic mass is 32.1. The maximum atomic E-state index is 4.60. The zero-order chi connectivity index (χ0) is 10.5. The van der Waals surface area contributed by atoms with Crippen molar-refractivity contribution in [3.05, 3.63) is 36.8 Å². The van der Waals surface area contributed by atoms with Gasteiger partial charge in [0.15, 0.2) is 0 Å². The van der Waals surface area contributed by atoms with E-state index in [9.17, 15) is 0 Å². The maximum Gasteiger partial charge on any atom is 0.125 e. The average Bonchev–Trinajstić information content (AvgIpc) is 2.83. The Labute approximate surface area is 94.8 Å². The Morgan fingerprint density at radius 1 is 1.19 bits per heavy atom. The Kier molecular flexibility index (Phi) is 1.44. The van der Waals surface area contributed by atoms with Gasteiger partial charge >= 0.3 is 0 Å². The topological polar surface area (TPSA) is 39.9 Å². The molecular weight excluding hydrogens is 218 g/mol. The Bertz CT molecular complexity index is 747. The molecule has 0 aliphatic rings. The predicted molar refractivity (Wildman–Crippen MR) is 65.7 cm³/mol. The van der Waals surface area contributed by atoms with E-state index < -0.39 is 0 Å². The number of para-hydroxylation sites is 1. The van der Waals surface area contributed by atoms with Crippen LogP contribution in [0.25, 0.3) is 31.3 Å². The van der Waals surface area contributed by atoms with Crippen molar-refractivity contribution in [2.24, 2.45) is 0 Å². The molecule has 16 heavy (non-hydrogen) atoms. The second-order valence-corrected chi connectivity index (χ2v) is 4.68. The van der Waals surface area contributed by atoms with Gasteiger partial charge in [-0.2, -0.15) is 0 Å². The average molecular weight is 224 g/mol. The zero-order valence-electron chi connectivity index (χ0n) is 8.21. The molecule has 0 saturated carbocycles. The summed E-state index contributed by atoms with van der Waals surface area (Å²) in [6.45, 7) is 0. The van der Waals surface area contributed by atoms with E-state index in [-0.39, 0.29) is 0 Å². The fraction of sp³-hybridized carbons (Fsp3) is 0. The van der Waals surface area contributed by atoms with E-state index in [4.69, 9.17) is 0 Å². The normalized spacial score (nSPS) is 11.8. The third kappa shape index (κ3) is 0.919. The monoisotopic (exact) mass is 224 g/mol. The third-order valence-corrected chi connectivity index (χ3v) is 3.74. The summed E-state index contributed by atoms with van der Waals surface area (Å²) in [5, 5.41) is 2.35. The maximum absolute atomic E-state index is 4.60. The summed E-state index contributed by atoms with van der Waals surface area (Å²) in [6, 6.07) is 8.18. The Balaban J connectivity index is 2.38. The predicted octanol–water partition coefficient (Wildman–Crippen LogP) is 2.95. The first kappa shape index (κ1) is 8.24. The summed E-state index contributed by atoms with van der Waals surface area (Å²) in [6.07, 6.45) is 3.44. The van der Waals surface area contributed by atoms with Gasteiger partial charge in [-0.25, -0.2) is 4.98 Å². The van der Waals surface area contributed by atoms with Crippen molar-refractivity contribution in [2.75, 3.05) is 0 Å². The van der Waals surface area contributed by atoms with Gasteiger partial charge in [-0.1, -0.05) is 30.7 Å². The van der Waals surface area contributed by atoms with Gasteiger partial charge in [-0.15, -0.1) is 11.3 Å². The lowest BCUT2D eigenvalue weighted by Gasteiger charge is -1.97. The smallest absolute Gasteiger partial charge is 0.125 e. The molecule has 0 bridgehead atoms. The second-order valence-electron chi connectivity index (χ2n) is 3.65. The fourth-order valence-corrected chi connectivity index (χ4v) is 3.08. The van der Waals surface area contributed by atoms with Crippen LogP contribution in [0.15, 0.2) is 36.8 Å². The molecule has 0 saturated heterocycles. The zero-order valence-corrected chi connectivity index (χ0v) is 9.03. The Morgan fingerprint density at radius 2 is 2.12 bits per heavy atom. The van der Waals surface area contributed by atoms with Gasteiger partial charge in [-0.05, 0) is 11.6 Å². The molecule has 3 aromatic heterocycles. The number of fused-ring (bicyclic) bond motifs is 5. The molecule has 0 aliphatic heterocycles. The van der Waals surface area contributed by atoms with E-state index in [1.54, 1.807) is 17.7 Å². The number of aromatic nitrogens is 3. The minimum Gasteiger partial charge on any atom is -0.448 e. The van der Waals surface area contributed by atoms with E-state index in [2.05, 4.69) is 21.0 Å². The molecule has 0 atom stereocenters. The number of hydrogen-bond donors (Lipinski definition) is 0. The van der Waals surface area contributed by atoms with Crippen LogP contribution in [0.4, 0.5) is 0 Å². The van der Waals surface area contributed by atoms with Crippen molar-refractivity contribution in [1.82, 2.24) is 15.0 Å². The van der Waals surface area contributed by atoms with Crippen LogP contribution < -0.4 is 4.98 Å². The van der Waals surface area contributed by atoms with Crippen molar-refractivity contribution < 1.29 is 0 Å². The Morgan fingerprint density at radius 3 is 3.12 bits per heavy atom. The number of benzene rings is 1. The molecule has 0 radical (unpaired) electrons. The van der Waals surface area contributed by atoms with E-state index in [1.165, 1.54) is 5.39 Å². The Hall–Kier alpha value is -1.94. The van der Waals surface area contributed by atoms with Crippen LogP contribution in [-0.2, 0) is 0 Å². The van der Waals surface area contributed by atoms with Gasteiger partial charge in [0.1, 0.15) is 4.83 Å². The molecule has 76 valence electrons. The molecule has 4 rings (SSSR count). The van der Waals surface area contributed by atoms with Crippen LogP contribution in [0, 0.1) is 0 Å². The highest BCUT2D eigenvalue weighted by molar-refractivity contribution is 7.25. The molecule has 0 fully saturated rings. The number of hydrogen-bond acceptors (Lipinski definition) is 3. The van der Waals surface area contributed by atoms with E-state index >= 15 is 0 Å². The molecule has 4 aromatic rings. The van der Waals surface area contributed by atoms with Gasteiger partial charge < -0.3 is 9.97 Å². The molecule has 0 amide bonds. The number of thiophene rings is 1. The van der Waals surface area contributed by atoms with Crippen molar-refractivity contribution in [1.29, 1.82) is 0 Å². The quantitative estimate of drug-likeness (QED) is 0.461.